The van der Waals surface area contributed by atoms with E-state index in [4.69, 9.17) is 4.74 Å². The molecule has 0 aromatic rings. The first kappa shape index (κ1) is 22.9. The Balaban J connectivity index is 1.71. The predicted molar refractivity (Wildman–Crippen MR) is 118 cm³/mol. The summed E-state index contributed by atoms with van der Waals surface area (Å²) in [6.45, 7) is 5.82. The number of carbonyl (C=O) groups is 3. The minimum Gasteiger partial charge on any atom is -0.466 e. The van der Waals surface area contributed by atoms with Crippen molar-refractivity contribution in [2.24, 2.45) is 11.8 Å². The highest BCUT2D eigenvalue weighted by Crippen LogP contribution is 2.71. The summed E-state index contributed by atoms with van der Waals surface area (Å²) in [5.74, 6) is -1.74. The number of hydrogen-bond acceptors (Lipinski definition) is 6. The topological polar surface area (TPSA) is 95.9 Å². The molecule has 3 aliphatic heterocycles. The van der Waals surface area contributed by atoms with Crippen molar-refractivity contribution in [2.75, 3.05) is 13.2 Å². The van der Waals surface area contributed by atoms with E-state index in [1.807, 2.05) is 13.8 Å². The van der Waals surface area contributed by atoms with Crippen LogP contribution in [0.15, 0.2) is 0 Å². The van der Waals surface area contributed by atoms with Gasteiger partial charge in [-0.3, -0.25) is 14.4 Å². The molecule has 4 aliphatic rings. The molecule has 2 N–H and O–H groups in total. The van der Waals surface area contributed by atoms with Gasteiger partial charge in [0.15, 0.2) is 0 Å². The highest BCUT2D eigenvalue weighted by molar-refractivity contribution is 8.02. The van der Waals surface area contributed by atoms with E-state index in [1.165, 1.54) is 6.42 Å². The van der Waals surface area contributed by atoms with Crippen molar-refractivity contribution in [2.45, 2.75) is 99.8 Å². The van der Waals surface area contributed by atoms with Crippen LogP contribution in [0, 0.1) is 11.8 Å². The fraction of sp³-hybridized carbons (Fsp3) is 0.870. The van der Waals surface area contributed by atoms with E-state index in [0.717, 1.165) is 38.5 Å². The molecule has 7 nitrogen and oxygen atoms in total. The molecule has 4 fully saturated rings. The molecule has 2 unspecified atom stereocenters. The van der Waals surface area contributed by atoms with Crippen LogP contribution in [0.5, 0.6) is 0 Å². The number of likely N-dealkylation sites (tertiary alicyclic amines) is 1. The lowest BCUT2D eigenvalue weighted by molar-refractivity contribution is -0.155. The Morgan fingerprint density at radius 3 is 2.58 bits per heavy atom. The van der Waals surface area contributed by atoms with Gasteiger partial charge < -0.3 is 20.1 Å². The summed E-state index contributed by atoms with van der Waals surface area (Å²) in [5, 5.41) is 13.3. The van der Waals surface area contributed by atoms with Gasteiger partial charge in [0.1, 0.15) is 6.04 Å². The van der Waals surface area contributed by atoms with Crippen LogP contribution in [0.2, 0.25) is 0 Å². The highest BCUT2D eigenvalue weighted by Gasteiger charge is 2.77. The average Bonchev–Trinajstić information content (AvgIpc) is 3.31. The maximum atomic E-state index is 13.8. The number of carbonyl (C=O) groups excluding carboxylic acids is 3. The SMILES string of the molecule is CCOC(=O)[C@@H]1[C@H]2C(=O)N([C@@H](CC)CO)C(C(=O)NC3CCCCC3)C23CC[C@@]1(C)S3. The van der Waals surface area contributed by atoms with Crippen molar-refractivity contribution >= 4 is 29.5 Å². The second kappa shape index (κ2) is 8.58. The van der Waals surface area contributed by atoms with Gasteiger partial charge in [-0.2, -0.15) is 0 Å². The van der Waals surface area contributed by atoms with E-state index >= 15 is 0 Å². The Kier molecular flexibility index (Phi) is 6.34. The van der Waals surface area contributed by atoms with Gasteiger partial charge in [-0.1, -0.05) is 26.2 Å². The van der Waals surface area contributed by atoms with Crippen molar-refractivity contribution in [3.63, 3.8) is 0 Å². The molecule has 2 bridgehead atoms. The lowest BCUT2D eigenvalue weighted by Gasteiger charge is -2.38. The molecular formula is C23H36N2O5S. The summed E-state index contributed by atoms with van der Waals surface area (Å²) in [6, 6.07) is -0.942. The number of ether oxygens (including phenoxy) is 1. The molecule has 2 amide bonds. The van der Waals surface area contributed by atoms with Crippen LogP contribution in [0.1, 0.15) is 72.1 Å². The van der Waals surface area contributed by atoms with E-state index in [2.05, 4.69) is 5.32 Å². The van der Waals surface area contributed by atoms with Gasteiger partial charge in [-0.15, -0.1) is 11.8 Å². The summed E-state index contributed by atoms with van der Waals surface area (Å²) < 4.78 is 4.36. The van der Waals surface area contributed by atoms with Gasteiger partial charge in [0.2, 0.25) is 11.8 Å². The number of aliphatic hydroxyl groups is 1. The largest absolute Gasteiger partial charge is 0.466 e. The molecule has 1 spiro atoms. The minimum absolute atomic E-state index is 0.115. The fourth-order valence-corrected chi connectivity index (χ4v) is 8.92. The van der Waals surface area contributed by atoms with Crippen LogP contribution < -0.4 is 5.32 Å². The second-order valence-corrected chi connectivity index (χ2v) is 11.7. The van der Waals surface area contributed by atoms with Gasteiger partial charge in [0, 0.05) is 10.8 Å². The Bertz CT molecular complexity index is 737. The number of rotatable bonds is 7. The molecule has 6 atom stereocenters. The number of nitrogens with one attached hydrogen (secondary N) is 1. The van der Waals surface area contributed by atoms with Crippen molar-refractivity contribution in [1.82, 2.24) is 10.2 Å². The molecule has 1 aliphatic carbocycles. The molecule has 3 heterocycles. The summed E-state index contributed by atoms with van der Waals surface area (Å²) in [5.41, 5.74) is 0. The van der Waals surface area contributed by atoms with E-state index < -0.39 is 33.4 Å². The van der Waals surface area contributed by atoms with Crippen LogP contribution in [0.4, 0.5) is 0 Å². The third-order valence-corrected chi connectivity index (χ3v) is 10.0. The van der Waals surface area contributed by atoms with E-state index in [9.17, 15) is 19.5 Å². The van der Waals surface area contributed by atoms with Crippen molar-refractivity contribution in [1.29, 1.82) is 0 Å². The van der Waals surface area contributed by atoms with Gasteiger partial charge in [0.25, 0.3) is 0 Å². The first-order chi connectivity index (χ1) is 14.8. The van der Waals surface area contributed by atoms with Gasteiger partial charge in [-0.25, -0.2) is 0 Å². The Labute approximate surface area is 189 Å². The Hall–Kier alpha value is -1.28. The number of hydrogen-bond donors (Lipinski definition) is 2. The highest BCUT2D eigenvalue weighted by atomic mass is 32.2. The number of amides is 2. The van der Waals surface area contributed by atoms with E-state index in [0.29, 0.717) is 6.42 Å². The first-order valence-electron chi connectivity index (χ1n) is 11.9. The molecule has 31 heavy (non-hydrogen) atoms. The number of fused-ring (bicyclic) bond motifs is 1. The van der Waals surface area contributed by atoms with Crippen molar-refractivity contribution < 1.29 is 24.2 Å². The fourth-order valence-electron chi connectivity index (χ4n) is 6.59. The number of aliphatic hydroxyl groups excluding tert-OH is 1. The maximum absolute atomic E-state index is 13.8. The van der Waals surface area contributed by atoms with Gasteiger partial charge in [-0.05, 0) is 46.0 Å². The lowest BCUT2D eigenvalue weighted by Crippen LogP contribution is -2.58. The minimum atomic E-state index is -0.657. The molecule has 174 valence electrons. The van der Waals surface area contributed by atoms with Crippen molar-refractivity contribution in [3.8, 4) is 0 Å². The summed E-state index contributed by atoms with van der Waals surface area (Å²) >= 11 is 1.65. The number of thioether (sulfide) groups is 1. The molecule has 0 aromatic carbocycles. The van der Waals surface area contributed by atoms with E-state index in [1.54, 1.807) is 23.6 Å². The van der Waals surface area contributed by atoms with Crippen LogP contribution in [-0.2, 0) is 19.1 Å². The van der Waals surface area contributed by atoms with Crippen LogP contribution in [0.3, 0.4) is 0 Å². The summed E-state index contributed by atoms with van der Waals surface area (Å²) in [6.07, 6.45) is 7.42. The van der Waals surface area contributed by atoms with Gasteiger partial charge >= 0.3 is 5.97 Å². The Morgan fingerprint density at radius 1 is 1.26 bits per heavy atom. The molecule has 0 radical (unpaired) electrons. The molecular weight excluding hydrogens is 416 g/mol. The Morgan fingerprint density at radius 2 is 1.97 bits per heavy atom. The summed E-state index contributed by atoms with van der Waals surface area (Å²) in [4.78, 5) is 42.1. The van der Waals surface area contributed by atoms with Crippen LogP contribution in [-0.4, -0.2) is 68.6 Å². The standard InChI is InChI=1S/C23H36N2O5S/c1-4-15(13-26)25-18(19(27)24-14-9-7-6-8-10-14)23-12-11-22(3,31-23)17(16(23)20(25)28)21(29)30-5-2/h14-18,26H,4-13H2,1-3H3,(H,24,27)/t15-,16-,17-,18?,22+,23?/m0/s1. The maximum Gasteiger partial charge on any atom is 0.311 e. The first-order valence-corrected chi connectivity index (χ1v) is 12.7. The van der Waals surface area contributed by atoms with Crippen molar-refractivity contribution in [3.05, 3.63) is 0 Å². The lowest BCUT2D eigenvalue weighted by atomic mass is 9.66. The monoisotopic (exact) mass is 452 g/mol. The molecule has 0 aromatic heterocycles. The normalized spacial score (nSPS) is 38.3. The summed E-state index contributed by atoms with van der Waals surface area (Å²) in [7, 11) is 0. The zero-order valence-corrected chi connectivity index (χ0v) is 19.7. The zero-order chi connectivity index (χ0) is 22.4. The quantitative estimate of drug-likeness (QED) is 0.575. The smallest absolute Gasteiger partial charge is 0.311 e. The molecule has 8 heteroatoms. The third-order valence-electron chi connectivity index (χ3n) is 8.03. The van der Waals surface area contributed by atoms with Gasteiger partial charge in [0.05, 0.1) is 35.8 Å². The van der Waals surface area contributed by atoms with Crippen LogP contribution in [0.25, 0.3) is 0 Å². The van der Waals surface area contributed by atoms with Crippen LogP contribution >= 0.6 is 11.8 Å². The predicted octanol–water partition coefficient (Wildman–Crippen LogP) is 2.25. The zero-order valence-electron chi connectivity index (χ0n) is 18.9. The molecule has 1 saturated carbocycles. The number of esters is 1. The number of nitrogens with zero attached hydrogens (tertiary/aromatic N) is 1. The molecule has 3 saturated heterocycles. The second-order valence-electron chi connectivity index (χ2n) is 9.81. The van der Waals surface area contributed by atoms with E-state index in [-0.39, 0.29) is 37.0 Å². The average molecular weight is 453 g/mol. The molecule has 4 rings (SSSR count). The third kappa shape index (κ3) is 3.48.